The molecule has 1 aromatic rings. The number of hydrogen-bond donors (Lipinski definition) is 3. The van der Waals surface area contributed by atoms with Crippen molar-refractivity contribution in [3.63, 3.8) is 0 Å². The van der Waals surface area contributed by atoms with Crippen LogP contribution >= 0.6 is 0 Å². The molecule has 2 fully saturated rings. The summed E-state index contributed by atoms with van der Waals surface area (Å²) in [5, 5.41) is 31.6. The molecule has 0 unspecified atom stereocenters. The second-order valence-corrected chi connectivity index (χ2v) is 15.0. The van der Waals surface area contributed by atoms with Crippen molar-refractivity contribution >= 4 is 17.3 Å². The molecule has 1 heterocycles. The normalized spacial score (nSPS) is 29.4. The number of Topliss-reactive ketones (excluding diaryl/α,β-unsaturated/α-hetero) is 3. The number of phenolic OH excluding ortho intramolecular Hbond substituents is 2. The molecule has 1 saturated carbocycles. The molecule has 5 atom stereocenters. The van der Waals surface area contributed by atoms with Gasteiger partial charge < -0.3 is 20.1 Å². The summed E-state index contributed by atoms with van der Waals surface area (Å²) in [6, 6.07) is 3.70. The molecule has 1 aliphatic heterocycles. The van der Waals surface area contributed by atoms with Crippen LogP contribution in [-0.4, -0.2) is 44.4 Å². The van der Waals surface area contributed by atoms with E-state index in [4.69, 9.17) is 4.74 Å². The number of fused-ring (bicyclic) bond motifs is 1. The van der Waals surface area contributed by atoms with Crippen LogP contribution in [0.15, 0.2) is 64.5 Å². The summed E-state index contributed by atoms with van der Waals surface area (Å²) in [7, 11) is 0. The summed E-state index contributed by atoms with van der Waals surface area (Å²) in [4.78, 5) is 45.1. The lowest BCUT2D eigenvalue weighted by atomic mass is 9.39. The fourth-order valence-electron chi connectivity index (χ4n) is 7.74. The quantitative estimate of drug-likeness (QED) is 0.0852. The van der Waals surface area contributed by atoms with E-state index in [2.05, 4.69) is 13.0 Å². The first-order valence-corrected chi connectivity index (χ1v) is 16.0. The lowest BCUT2D eigenvalue weighted by Gasteiger charge is -2.61. The molecule has 0 radical (unpaired) electrons. The highest BCUT2D eigenvalue weighted by Gasteiger charge is 2.74. The third-order valence-electron chi connectivity index (χ3n) is 10.5. The van der Waals surface area contributed by atoms with Gasteiger partial charge in [0.05, 0.1) is 16.4 Å². The first-order valence-electron chi connectivity index (χ1n) is 16.0. The smallest absolute Gasteiger partial charge is 0.200 e. The van der Waals surface area contributed by atoms with Crippen LogP contribution < -0.4 is 0 Å². The van der Waals surface area contributed by atoms with Crippen LogP contribution in [0, 0.1) is 22.2 Å². The van der Waals surface area contributed by atoms with E-state index < -0.39 is 51.0 Å². The van der Waals surface area contributed by atoms with E-state index in [1.165, 1.54) is 12.1 Å². The fraction of sp³-hybridized carbons (Fsp3) is 0.553. The Morgan fingerprint density at radius 3 is 2.11 bits per heavy atom. The summed E-state index contributed by atoms with van der Waals surface area (Å²) in [5.41, 5.74) is -2.04. The van der Waals surface area contributed by atoms with Gasteiger partial charge in [0.25, 0.3) is 0 Å². The van der Waals surface area contributed by atoms with E-state index >= 15 is 9.59 Å². The van der Waals surface area contributed by atoms with Gasteiger partial charge in [-0.05, 0) is 123 Å². The Hall–Kier alpha value is -3.45. The van der Waals surface area contributed by atoms with Gasteiger partial charge in [0.15, 0.2) is 28.8 Å². The minimum atomic E-state index is -1.50. The zero-order chi connectivity index (χ0) is 33.7. The summed E-state index contributed by atoms with van der Waals surface area (Å²) in [5.74, 6) is -2.43. The number of carbonyl (C=O) groups is 3. The fourth-order valence-corrected chi connectivity index (χ4v) is 7.74. The number of benzene rings is 1. The van der Waals surface area contributed by atoms with Crippen LogP contribution in [0.3, 0.4) is 0 Å². The number of allylic oxidation sites excluding steroid dienone is 8. The molecule has 7 heteroatoms. The van der Waals surface area contributed by atoms with Crippen LogP contribution in [0.4, 0.5) is 0 Å². The van der Waals surface area contributed by atoms with Gasteiger partial charge >= 0.3 is 0 Å². The zero-order valence-electron chi connectivity index (χ0n) is 28.3. The molecule has 2 aliphatic carbocycles. The van der Waals surface area contributed by atoms with Crippen LogP contribution in [0.5, 0.6) is 11.5 Å². The number of phenols is 2. The average Bonchev–Trinajstić information content (AvgIpc) is 3.08. The number of ketones is 3. The molecule has 0 spiro atoms. The average molecular weight is 619 g/mol. The highest BCUT2D eigenvalue weighted by atomic mass is 16.5. The molecule has 4 rings (SSSR count). The lowest BCUT2D eigenvalue weighted by molar-refractivity contribution is -0.172. The highest BCUT2D eigenvalue weighted by molar-refractivity contribution is 6.35. The molecule has 0 amide bonds. The Labute approximate surface area is 267 Å². The van der Waals surface area contributed by atoms with Gasteiger partial charge in [-0.15, -0.1) is 0 Å². The molecule has 45 heavy (non-hydrogen) atoms. The first kappa shape index (κ1) is 34.4. The Morgan fingerprint density at radius 1 is 0.956 bits per heavy atom. The van der Waals surface area contributed by atoms with Gasteiger partial charge in [0.2, 0.25) is 0 Å². The van der Waals surface area contributed by atoms with E-state index in [0.29, 0.717) is 19.3 Å². The molecular formula is C38H50O7. The Balaban J connectivity index is 2.20. The predicted octanol–water partition coefficient (Wildman–Crippen LogP) is 7.70. The largest absolute Gasteiger partial charge is 0.504 e. The first-order chi connectivity index (χ1) is 20.8. The van der Waals surface area contributed by atoms with Crippen molar-refractivity contribution in [1.82, 2.24) is 0 Å². The molecule has 3 aliphatic rings. The molecule has 0 aromatic heterocycles. The van der Waals surface area contributed by atoms with Gasteiger partial charge in [0.1, 0.15) is 17.4 Å². The highest BCUT2D eigenvalue weighted by Crippen LogP contribution is 2.70. The minimum absolute atomic E-state index is 0.00116. The SMILES string of the molecule is CC(C)=CC[C@@H]1C[C@]2(CC=C(C)C)C(=O)C(C(=O)c3ccc(O)c(O)c3)=C3O[C@@H](C(C)(C)O)CC[C@]1(C)[C@@]3(CC=C(C)C)C2=O. The van der Waals surface area contributed by atoms with E-state index in [1.54, 1.807) is 13.8 Å². The van der Waals surface area contributed by atoms with Gasteiger partial charge in [-0.2, -0.15) is 0 Å². The second-order valence-electron chi connectivity index (χ2n) is 15.0. The standard InChI is InChI=1S/C38H50O7/c1-22(2)10-12-26-21-37(18-14-23(3)4)32(42)30(31(41)25-11-13-27(39)28(40)20-25)33-38(34(37)43,19-15-24(5)6)36(26,9)17-16-29(45-33)35(7,8)44/h10-11,13-15,20,26,29,39-40,44H,12,16-19,21H2,1-9H3/t26-,29-,36+,37-,38-/m1/s1. The van der Waals surface area contributed by atoms with E-state index in [0.717, 1.165) is 22.8 Å². The summed E-state index contributed by atoms with van der Waals surface area (Å²) >= 11 is 0. The third kappa shape index (κ3) is 5.73. The van der Waals surface area contributed by atoms with Crippen LogP contribution in [0.1, 0.15) is 111 Å². The number of aliphatic hydroxyl groups is 1. The number of aromatic hydroxyl groups is 2. The van der Waals surface area contributed by atoms with Crippen molar-refractivity contribution < 1.29 is 34.4 Å². The molecule has 244 valence electrons. The molecular weight excluding hydrogens is 568 g/mol. The Bertz CT molecular complexity index is 1520. The number of carbonyl (C=O) groups excluding carboxylic acids is 3. The second kappa shape index (κ2) is 12.1. The van der Waals surface area contributed by atoms with Crippen molar-refractivity contribution in [1.29, 1.82) is 0 Å². The van der Waals surface area contributed by atoms with Crippen molar-refractivity contribution in [2.75, 3.05) is 0 Å². The third-order valence-corrected chi connectivity index (χ3v) is 10.5. The maximum atomic E-state index is 15.4. The van der Waals surface area contributed by atoms with Crippen LogP contribution in [0.2, 0.25) is 0 Å². The van der Waals surface area contributed by atoms with Gasteiger partial charge in [-0.3, -0.25) is 14.4 Å². The van der Waals surface area contributed by atoms with Crippen molar-refractivity contribution in [3.05, 3.63) is 70.0 Å². The van der Waals surface area contributed by atoms with E-state index in [-0.39, 0.29) is 47.9 Å². The molecule has 7 nitrogen and oxygen atoms in total. The molecule has 3 N–H and O–H groups in total. The van der Waals surface area contributed by atoms with E-state index in [9.17, 15) is 20.1 Å². The number of ether oxygens (including phenoxy) is 1. The summed E-state index contributed by atoms with van der Waals surface area (Å²) in [6.07, 6.45) is 7.61. The van der Waals surface area contributed by atoms with Gasteiger partial charge in [-0.25, -0.2) is 0 Å². The zero-order valence-corrected chi connectivity index (χ0v) is 28.3. The predicted molar refractivity (Wildman–Crippen MR) is 175 cm³/mol. The van der Waals surface area contributed by atoms with Crippen LogP contribution in [-0.2, 0) is 14.3 Å². The Morgan fingerprint density at radius 2 is 1.56 bits per heavy atom. The van der Waals surface area contributed by atoms with Crippen molar-refractivity contribution in [2.45, 2.75) is 113 Å². The topological polar surface area (TPSA) is 121 Å². The molecule has 1 aromatic carbocycles. The maximum absolute atomic E-state index is 15.4. The minimum Gasteiger partial charge on any atom is -0.504 e. The number of rotatable bonds is 9. The Kier molecular flexibility index (Phi) is 9.22. The van der Waals surface area contributed by atoms with E-state index in [1.807, 2.05) is 53.7 Å². The van der Waals surface area contributed by atoms with Crippen LogP contribution in [0.25, 0.3) is 0 Å². The summed E-state index contributed by atoms with van der Waals surface area (Å²) < 4.78 is 6.72. The maximum Gasteiger partial charge on any atom is 0.200 e. The van der Waals surface area contributed by atoms with Crippen molar-refractivity contribution in [3.8, 4) is 11.5 Å². The van der Waals surface area contributed by atoms with Gasteiger partial charge in [0, 0.05) is 5.56 Å². The van der Waals surface area contributed by atoms with Crippen molar-refractivity contribution in [2.24, 2.45) is 22.2 Å². The van der Waals surface area contributed by atoms with Gasteiger partial charge in [-0.1, -0.05) is 41.9 Å². The molecule has 1 saturated heterocycles. The molecule has 2 bridgehead atoms. The monoisotopic (exact) mass is 618 g/mol. The number of hydrogen-bond acceptors (Lipinski definition) is 7. The lowest BCUT2D eigenvalue weighted by Crippen LogP contribution is -2.67. The summed E-state index contributed by atoms with van der Waals surface area (Å²) in [6.45, 7) is 17.2.